The summed E-state index contributed by atoms with van der Waals surface area (Å²) in [6.07, 6.45) is 0.566. The standard InChI is InChI=1S/C6H3NO5/c8-2-4-1-6(7(10)11)12-5(4)3-9/h1-3H. The average Bonchev–Trinajstić information content (AvgIpc) is 2.46. The molecule has 0 radical (unpaired) electrons. The molecular weight excluding hydrogens is 166 g/mol. The van der Waals surface area contributed by atoms with E-state index in [1.165, 1.54) is 0 Å². The number of hydrogen-bond acceptors (Lipinski definition) is 5. The maximum absolute atomic E-state index is 10.2. The zero-order valence-corrected chi connectivity index (χ0v) is 5.72. The van der Waals surface area contributed by atoms with E-state index in [0.29, 0.717) is 6.29 Å². The Hall–Kier alpha value is -1.98. The van der Waals surface area contributed by atoms with Crippen LogP contribution in [0.2, 0.25) is 0 Å². The molecule has 0 N–H and O–H groups in total. The summed E-state index contributed by atoms with van der Waals surface area (Å²) in [4.78, 5) is 29.6. The third-order valence-corrected chi connectivity index (χ3v) is 1.19. The second-order valence-electron chi connectivity index (χ2n) is 1.90. The van der Waals surface area contributed by atoms with Gasteiger partial charge in [0.25, 0.3) is 0 Å². The number of nitrogens with zero attached hydrogens (tertiary/aromatic N) is 1. The van der Waals surface area contributed by atoms with Gasteiger partial charge >= 0.3 is 5.88 Å². The predicted octanol–water partition coefficient (Wildman–Crippen LogP) is 0.813. The quantitative estimate of drug-likeness (QED) is 0.379. The molecule has 0 aromatic carbocycles. The van der Waals surface area contributed by atoms with Crippen LogP contribution in [0, 0.1) is 10.1 Å². The van der Waals surface area contributed by atoms with Crippen LogP contribution in [0.1, 0.15) is 20.9 Å². The maximum Gasteiger partial charge on any atom is 0.434 e. The van der Waals surface area contributed by atoms with Crippen molar-refractivity contribution in [1.82, 2.24) is 0 Å². The lowest BCUT2D eigenvalue weighted by atomic mass is 10.3. The smallest absolute Gasteiger partial charge is 0.397 e. The molecule has 6 nitrogen and oxygen atoms in total. The van der Waals surface area contributed by atoms with E-state index in [4.69, 9.17) is 0 Å². The van der Waals surface area contributed by atoms with Crippen LogP contribution >= 0.6 is 0 Å². The molecule has 0 fully saturated rings. The molecule has 6 heteroatoms. The maximum atomic E-state index is 10.2. The van der Waals surface area contributed by atoms with Crippen LogP contribution in [0.3, 0.4) is 0 Å². The zero-order chi connectivity index (χ0) is 9.14. The van der Waals surface area contributed by atoms with E-state index in [1.807, 2.05) is 0 Å². The van der Waals surface area contributed by atoms with Crippen molar-refractivity contribution in [3.05, 3.63) is 27.5 Å². The van der Waals surface area contributed by atoms with Gasteiger partial charge in [-0.1, -0.05) is 0 Å². The second-order valence-corrected chi connectivity index (χ2v) is 1.90. The lowest BCUT2D eigenvalue weighted by Gasteiger charge is -1.79. The minimum absolute atomic E-state index is 0.114. The van der Waals surface area contributed by atoms with Crippen LogP contribution in [-0.2, 0) is 0 Å². The fourth-order valence-electron chi connectivity index (χ4n) is 0.679. The van der Waals surface area contributed by atoms with Crippen LogP contribution in [0.4, 0.5) is 5.88 Å². The Morgan fingerprint density at radius 1 is 1.42 bits per heavy atom. The monoisotopic (exact) mass is 169 g/mol. The molecule has 1 heterocycles. The molecule has 0 saturated carbocycles. The fourth-order valence-corrected chi connectivity index (χ4v) is 0.679. The number of carbonyl (C=O) groups is 2. The van der Waals surface area contributed by atoms with Gasteiger partial charge in [0, 0.05) is 0 Å². The summed E-state index contributed by atoms with van der Waals surface area (Å²) in [7, 11) is 0. The molecule has 0 aliphatic rings. The summed E-state index contributed by atoms with van der Waals surface area (Å²) >= 11 is 0. The van der Waals surface area contributed by atoms with Gasteiger partial charge in [0.2, 0.25) is 0 Å². The van der Waals surface area contributed by atoms with Gasteiger partial charge in [0.15, 0.2) is 18.3 Å². The minimum atomic E-state index is -0.819. The third-order valence-electron chi connectivity index (χ3n) is 1.19. The summed E-state index contributed by atoms with van der Waals surface area (Å²) in [5, 5.41) is 10.1. The molecule has 1 aromatic rings. The van der Waals surface area contributed by atoms with E-state index in [2.05, 4.69) is 4.42 Å². The molecule has 1 aromatic heterocycles. The van der Waals surface area contributed by atoms with Crippen molar-refractivity contribution in [2.75, 3.05) is 0 Å². The predicted molar refractivity (Wildman–Crippen MR) is 36.1 cm³/mol. The summed E-state index contributed by atoms with van der Waals surface area (Å²) in [5.41, 5.74) is -0.114. The van der Waals surface area contributed by atoms with Crippen molar-refractivity contribution < 1.29 is 18.9 Å². The van der Waals surface area contributed by atoms with Gasteiger partial charge in [-0.2, -0.15) is 0 Å². The Morgan fingerprint density at radius 2 is 2.08 bits per heavy atom. The number of rotatable bonds is 3. The van der Waals surface area contributed by atoms with Gasteiger partial charge in [0.1, 0.15) is 4.92 Å². The molecule has 0 spiro atoms. The molecule has 62 valence electrons. The van der Waals surface area contributed by atoms with Crippen molar-refractivity contribution in [3.8, 4) is 0 Å². The van der Waals surface area contributed by atoms with Gasteiger partial charge in [0.05, 0.1) is 11.6 Å². The summed E-state index contributed by atoms with van der Waals surface area (Å²) in [5.74, 6) is -0.934. The molecule has 0 saturated heterocycles. The van der Waals surface area contributed by atoms with Gasteiger partial charge in [-0.25, -0.2) is 0 Å². The topological polar surface area (TPSA) is 90.4 Å². The van der Waals surface area contributed by atoms with Crippen molar-refractivity contribution in [1.29, 1.82) is 0 Å². The highest BCUT2D eigenvalue weighted by Gasteiger charge is 2.17. The molecule has 12 heavy (non-hydrogen) atoms. The normalized spacial score (nSPS) is 9.33. The first-order chi connectivity index (χ1) is 5.69. The Bertz CT molecular complexity index is 314. The van der Waals surface area contributed by atoms with Crippen molar-refractivity contribution >= 4 is 18.5 Å². The summed E-state index contributed by atoms with van der Waals surface area (Å²) < 4.78 is 4.42. The fraction of sp³-hybridized carbons (Fsp3) is 0. The lowest BCUT2D eigenvalue weighted by molar-refractivity contribution is -0.402. The van der Waals surface area contributed by atoms with Crippen molar-refractivity contribution in [2.24, 2.45) is 0 Å². The first kappa shape index (κ1) is 8.12. The third kappa shape index (κ3) is 1.22. The van der Waals surface area contributed by atoms with E-state index in [0.717, 1.165) is 6.07 Å². The van der Waals surface area contributed by atoms with Gasteiger partial charge in [-0.05, 0) is 0 Å². The Balaban J connectivity index is 3.22. The van der Waals surface area contributed by atoms with Gasteiger partial charge in [-0.3, -0.25) is 19.7 Å². The number of nitro groups is 1. The van der Waals surface area contributed by atoms with Crippen LogP contribution in [-0.4, -0.2) is 17.5 Å². The second kappa shape index (κ2) is 2.95. The summed E-state index contributed by atoms with van der Waals surface area (Å²) in [6.45, 7) is 0. The highest BCUT2D eigenvalue weighted by Crippen LogP contribution is 2.18. The average molecular weight is 169 g/mol. The molecular formula is C6H3NO5. The molecule has 0 bridgehead atoms. The van der Waals surface area contributed by atoms with Gasteiger partial charge in [-0.15, -0.1) is 0 Å². The van der Waals surface area contributed by atoms with E-state index >= 15 is 0 Å². The van der Waals surface area contributed by atoms with Crippen LogP contribution < -0.4 is 0 Å². The largest absolute Gasteiger partial charge is 0.434 e. The zero-order valence-electron chi connectivity index (χ0n) is 5.72. The molecule has 0 aliphatic carbocycles. The molecule has 0 atom stereocenters. The van der Waals surface area contributed by atoms with Crippen LogP contribution in [0.5, 0.6) is 0 Å². The molecule has 0 aliphatic heterocycles. The first-order valence-electron chi connectivity index (χ1n) is 2.87. The number of furan rings is 1. The Labute approximate surface area is 65.9 Å². The highest BCUT2D eigenvalue weighted by molar-refractivity contribution is 5.88. The van der Waals surface area contributed by atoms with E-state index < -0.39 is 10.8 Å². The number of hydrogen-bond donors (Lipinski definition) is 0. The van der Waals surface area contributed by atoms with Gasteiger partial charge < -0.3 is 4.42 Å². The molecule has 1 rings (SSSR count). The SMILES string of the molecule is O=Cc1cc([N+](=O)[O-])oc1C=O. The van der Waals surface area contributed by atoms with Crippen LogP contribution in [0.25, 0.3) is 0 Å². The Kier molecular flexibility index (Phi) is 2.00. The minimum Gasteiger partial charge on any atom is -0.397 e. The lowest BCUT2D eigenvalue weighted by Crippen LogP contribution is -1.82. The first-order valence-corrected chi connectivity index (χ1v) is 2.87. The Morgan fingerprint density at radius 3 is 2.42 bits per heavy atom. The van der Waals surface area contributed by atoms with E-state index in [-0.39, 0.29) is 17.6 Å². The molecule has 0 amide bonds. The van der Waals surface area contributed by atoms with Crippen molar-refractivity contribution in [3.63, 3.8) is 0 Å². The number of carbonyl (C=O) groups excluding carboxylic acids is 2. The molecule has 0 unspecified atom stereocenters. The van der Waals surface area contributed by atoms with Crippen molar-refractivity contribution in [2.45, 2.75) is 0 Å². The summed E-state index contributed by atoms with van der Waals surface area (Å²) in [6, 6.07) is 0.900. The van der Waals surface area contributed by atoms with Crippen LogP contribution in [0.15, 0.2) is 10.5 Å². The van der Waals surface area contributed by atoms with E-state index in [1.54, 1.807) is 0 Å². The number of aldehydes is 2. The van der Waals surface area contributed by atoms with E-state index in [9.17, 15) is 19.7 Å². The highest BCUT2D eigenvalue weighted by atomic mass is 16.6.